The molecule has 0 amide bonds. The maximum atomic E-state index is 9.87. The summed E-state index contributed by atoms with van der Waals surface area (Å²) in [6.45, 7) is 4.35. The smallest absolute Gasteiger partial charge is 0.190 e. The van der Waals surface area contributed by atoms with E-state index >= 15 is 0 Å². The van der Waals surface area contributed by atoms with Crippen molar-refractivity contribution in [2.24, 2.45) is 11.0 Å². The summed E-state index contributed by atoms with van der Waals surface area (Å²) in [6.07, 6.45) is 2.63. The van der Waals surface area contributed by atoms with E-state index in [2.05, 4.69) is 40.4 Å². The fourth-order valence-corrected chi connectivity index (χ4v) is 3.85. The SMILES string of the molecule is COc1ccc(-c2nc(SCCC(C)C)nc(N/N=C\c3ccc(O)cc3)c2C#N)cc1. The first-order valence-corrected chi connectivity index (χ1v) is 11.2. The molecule has 0 aliphatic rings. The van der Waals surface area contributed by atoms with Crippen molar-refractivity contribution >= 4 is 23.8 Å². The van der Waals surface area contributed by atoms with Gasteiger partial charge in [-0.25, -0.2) is 9.97 Å². The van der Waals surface area contributed by atoms with Gasteiger partial charge in [0.1, 0.15) is 23.1 Å². The molecular weight excluding hydrogens is 422 g/mol. The van der Waals surface area contributed by atoms with Crippen molar-refractivity contribution in [2.75, 3.05) is 18.3 Å². The third-order valence-corrected chi connectivity index (χ3v) is 5.45. The summed E-state index contributed by atoms with van der Waals surface area (Å²) in [5, 5.41) is 24.1. The molecule has 8 heteroatoms. The second-order valence-corrected chi connectivity index (χ2v) is 8.47. The predicted octanol–water partition coefficient (Wildman–Crippen LogP) is 5.31. The average molecular weight is 448 g/mol. The maximum Gasteiger partial charge on any atom is 0.190 e. The van der Waals surface area contributed by atoms with Crippen LogP contribution in [-0.4, -0.2) is 34.2 Å². The van der Waals surface area contributed by atoms with Crippen molar-refractivity contribution in [2.45, 2.75) is 25.4 Å². The molecule has 0 fully saturated rings. The molecule has 1 heterocycles. The van der Waals surface area contributed by atoms with E-state index in [1.54, 1.807) is 49.4 Å². The van der Waals surface area contributed by atoms with Crippen LogP contribution < -0.4 is 10.2 Å². The zero-order valence-electron chi connectivity index (χ0n) is 18.2. The molecule has 0 saturated carbocycles. The quantitative estimate of drug-likeness (QED) is 0.198. The fraction of sp³-hybridized carbons (Fsp3) is 0.250. The zero-order chi connectivity index (χ0) is 22.9. The second kappa shape index (κ2) is 11.2. The molecule has 3 rings (SSSR count). The Morgan fingerprint density at radius 3 is 2.50 bits per heavy atom. The molecule has 0 bridgehead atoms. The fourth-order valence-electron chi connectivity index (χ4n) is 2.76. The van der Waals surface area contributed by atoms with Gasteiger partial charge in [-0.3, -0.25) is 5.43 Å². The minimum atomic E-state index is 0.185. The number of nitrogens with one attached hydrogen (secondary N) is 1. The minimum Gasteiger partial charge on any atom is -0.508 e. The summed E-state index contributed by atoms with van der Waals surface area (Å²) in [4.78, 5) is 9.22. The number of anilines is 1. The number of ether oxygens (including phenoxy) is 1. The Morgan fingerprint density at radius 2 is 1.88 bits per heavy atom. The number of phenols is 1. The summed E-state index contributed by atoms with van der Waals surface area (Å²) in [7, 11) is 1.61. The molecule has 2 aromatic carbocycles. The summed E-state index contributed by atoms with van der Waals surface area (Å²) in [5.74, 6) is 2.71. The first-order valence-electron chi connectivity index (χ1n) is 10.2. The summed E-state index contributed by atoms with van der Waals surface area (Å²) >= 11 is 1.55. The molecule has 0 atom stereocenters. The van der Waals surface area contributed by atoms with Crippen LogP contribution in [0.3, 0.4) is 0 Å². The number of rotatable bonds is 9. The molecule has 7 nitrogen and oxygen atoms in total. The van der Waals surface area contributed by atoms with Gasteiger partial charge in [-0.1, -0.05) is 25.6 Å². The molecule has 2 N–H and O–H groups in total. The summed E-state index contributed by atoms with van der Waals surface area (Å²) in [6, 6.07) is 16.3. The molecule has 0 aliphatic carbocycles. The maximum absolute atomic E-state index is 9.87. The Labute approximate surface area is 192 Å². The van der Waals surface area contributed by atoms with Gasteiger partial charge >= 0.3 is 0 Å². The van der Waals surface area contributed by atoms with Crippen LogP contribution in [0.4, 0.5) is 5.82 Å². The molecule has 32 heavy (non-hydrogen) atoms. The highest BCUT2D eigenvalue weighted by Gasteiger charge is 2.16. The highest BCUT2D eigenvalue weighted by molar-refractivity contribution is 7.99. The lowest BCUT2D eigenvalue weighted by molar-refractivity contribution is 0.415. The minimum absolute atomic E-state index is 0.185. The van der Waals surface area contributed by atoms with Crippen molar-refractivity contribution in [1.29, 1.82) is 5.26 Å². The predicted molar refractivity (Wildman–Crippen MR) is 128 cm³/mol. The van der Waals surface area contributed by atoms with Gasteiger partial charge in [-0.05, 0) is 66.4 Å². The number of nitriles is 1. The third kappa shape index (κ3) is 6.22. The summed E-state index contributed by atoms with van der Waals surface area (Å²) in [5.41, 5.74) is 5.34. The van der Waals surface area contributed by atoms with E-state index in [1.807, 2.05) is 24.3 Å². The molecule has 0 spiro atoms. The van der Waals surface area contributed by atoms with Crippen molar-refractivity contribution in [1.82, 2.24) is 9.97 Å². The molecule has 164 valence electrons. The van der Waals surface area contributed by atoms with E-state index in [9.17, 15) is 10.4 Å². The lowest BCUT2D eigenvalue weighted by Gasteiger charge is -2.11. The average Bonchev–Trinajstić information content (AvgIpc) is 2.80. The van der Waals surface area contributed by atoms with Crippen LogP contribution in [0, 0.1) is 17.2 Å². The van der Waals surface area contributed by atoms with Crippen LogP contribution in [0.1, 0.15) is 31.4 Å². The van der Waals surface area contributed by atoms with E-state index in [0.29, 0.717) is 28.1 Å². The molecular formula is C24H25N5O2S. The highest BCUT2D eigenvalue weighted by Crippen LogP contribution is 2.30. The van der Waals surface area contributed by atoms with Crippen molar-refractivity contribution < 1.29 is 9.84 Å². The first-order chi connectivity index (χ1) is 15.5. The Balaban J connectivity index is 1.95. The van der Waals surface area contributed by atoms with Gasteiger partial charge < -0.3 is 9.84 Å². The lowest BCUT2D eigenvalue weighted by Crippen LogP contribution is -2.04. The van der Waals surface area contributed by atoms with E-state index in [0.717, 1.165) is 29.1 Å². The van der Waals surface area contributed by atoms with Gasteiger partial charge in [-0.2, -0.15) is 10.4 Å². The van der Waals surface area contributed by atoms with Crippen LogP contribution >= 0.6 is 11.8 Å². The van der Waals surface area contributed by atoms with E-state index in [-0.39, 0.29) is 5.75 Å². The van der Waals surface area contributed by atoms with Crippen LogP contribution in [0.5, 0.6) is 11.5 Å². The largest absolute Gasteiger partial charge is 0.508 e. The normalized spacial score (nSPS) is 11.0. The molecule has 0 aliphatic heterocycles. The number of hydrazone groups is 1. The number of nitrogens with zero attached hydrogens (tertiary/aromatic N) is 4. The molecule has 0 unspecified atom stereocenters. The number of benzene rings is 2. The number of thioether (sulfide) groups is 1. The van der Waals surface area contributed by atoms with Gasteiger partial charge in [0.25, 0.3) is 0 Å². The highest BCUT2D eigenvalue weighted by atomic mass is 32.2. The van der Waals surface area contributed by atoms with Crippen LogP contribution in [0.15, 0.2) is 58.8 Å². The van der Waals surface area contributed by atoms with Gasteiger partial charge in [0, 0.05) is 11.3 Å². The van der Waals surface area contributed by atoms with Crippen molar-refractivity contribution in [3.05, 3.63) is 59.7 Å². The molecule has 0 radical (unpaired) electrons. The first kappa shape index (κ1) is 23.1. The standard InChI is InChI=1S/C24H25N5O2S/c1-16(2)12-13-32-24-27-22(18-6-10-20(31-3)11-7-18)21(14-25)23(28-24)29-26-15-17-4-8-19(30)9-5-17/h4-11,15-16,30H,12-13H2,1-3H3,(H,27,28,29)/b26-15-. The summed E-state index contributed by atoms with van der Waals surface area (Å²) < 4.78 is 5.24. The second-order valence-electron chi connectivity index (χ2n) is 7.41. The van der Waals surface area contributed by atoms with Crippen LogP contribution in [-0.2, 0) is 0 Å². The van der Waals surface area contributed by atoms with E-state index in [1.165, 1.54) is 0 Å². The Bertz CT molecular complexity index is 1110. The molecule has 3 aromatic rings. The van der Waals surface area contributed by atoms with Gasteiger partial charge in [0.15, 0.2) is 11.0 Å². The van der Waals surface area contributed by atoms with E-state index in [4.69, 9.17) is 4.74 Å². The van der Waals surface area contributed by atoms with Gasteiger partial charge in [0.2, 0.25) is 0 Å². The monoisotopic (exact) mass is 447 g/mol. The third-order valence-electron chi connectivity index (χ3n) is 4.57. The molecule has 1 aromatic heterocycles. The number of methoxy groups -OCH3 is 1. The molecule has 0 saturated heterocycles. The van der Waals surface area contributed by atoms with Gasteiger partial charge in [0.05, 0.1) is 19.0 Å². The van der Waals surface area contributed by atoms with Crippen LogP contribution in [0.2, 0.25) is 0 Å². The topological polar surface area (TPSA) is 103 Å². The lowest BCUT2D eigenvalue weighted by atomic mass is 10.1. The Kier molecular flexibility index (Phi) is 8.06. The number of aromatic hydroxyl groups is 1. The number of phenolic OH excluding ortho intramolecular Hbond substituents is 1. The van der Waals surface area contributed by atoms with Crippen molar-refractivity contribution in [3.8, 4) is 28.8 Å². The number of aromatic nitrogens is 2. The Morgan fingerprint density at radius 1 is 1.16 bits per heavy atom. The van der Waals surface area contributed by atoms with Crippen LogP contribution in [0.25, 0.3) is 11.3 Å². The van der Waals surface area contributed by atoms with Crippen molar-refractivity contribution in [3.63, 3.8) is 0 Å². The zero-order valence-corrected chi connectivity index (χ0v) is 19.1. The van der Waals surface area contributed by atoms with Gasteiger partial charge in [-0.15, -0.1) is 0 Å². The van der Waals surface area contributed by atoms with E-state index < -0.39 is 0 Å². The number of hydrogen-bond acceptors (Lipinski definition) is 8. The Hall–Kier alpha value is -3.57. The number of hydrogen-bond donors (Lipinski definition) is 2.